The van der Waals surface area contributed by atoms with Gasteiger partial charge in [0.25, 0.3) is 0 Å². The summed E-state index contributed by atoms with van der Waals surface area (Å²) in [7, 11) is 0. The van der Waals surface area contributed by atoms with Gasteiger partial charge in [-0.1, -0.05) is 17.7 Å². The fourth-order valence-electron chi connectivity index (χ4n) is 1.78. The summed E-state index contributed by atoms with van der Waals surface area (Å²) in [4.78, 5) is 0. The lowest BCUT2D eigenvalue weighted by molar-refractivity contribution is 0.568. The van der Waals surface area contributed by atoms with Gasteiger partial charge in [-0.3, -0.25) is 4.68 Å². The second kappa shape index (κ2) is 4.85. The maximum absolute atomic E-state index is 13.7. The van der Waals surface area contributed by atoms with E-state index < -0.39 is 11.9 Å². The van der Waals surface area contributed by atoms with E-state index in [9.17, 15) is 4.39 Å². The molecule has 2 rings (SSSR count). The fourth-order valence-corrected chi connectivity index (χ4v) is 1.94. The van der Waals surface area contributed by atoms with Crippen LogP contribution in [-0.2, 0) is 6.54 Å². The Bertz CT molecular complexity index is 524. The van der Waals surface area contributed by atoms with Gasteiger partial charge >= 0.3 is 0 Å². The Labute approximate surface area is 104 Å². The van der Waals surface area contributed by atoms with Crippen LogP contribution in [0.3, 0.4) is 0 Å². The summed E-state index contributed by atoms with van der Waals surface area (Å²) >= 11 is 5.71. The number of hydrogen-bond donors (Lipinski definition) is 1. The van der Waals surface area contributed by atoms with Crippen LogP contribution in [0, 0.1) is 5.82 Å². The van der Waals surface area contributed by atoms with Gasteiger partial charge in [0.2, 0.25) is 0 Å². The molecule has 1 aromatic carbocycles. The third-order valence-corrected chi connectivity index (χ3v) is 2.90. The van der Waals surface area contributed by atoms with Gasteiger partial charge in [-0.2, -0.15) is 5.10 Å². The molecule has 1 unspecified atom stereocenters. The Kier molecular flexibility index (Phi) is 3.45. The molecular weight excluding hydrogens is 241 g/mol. The van der Waals surface area contributed by atoms with Crippen molar-refractivity contribution in [2.75, 3.05) is 0 Å². The Morgan fingerprint density at radius 1 is 1.47 bits per heavy atom. The summed E-state index contributed by atoms with van der Waals surface area (Å²) < 4.78 is 15.5. The minimum atomic E-state index is -0.533. The van der Waals surface area contributed by atoms with Crippen LogP contribution < -0.4 is 5.73 Å². The molecule has 5 heteroatoms. The molecule has 0 fully saturated rings. The number of nitrogens with zero attached hydrogens (tertiary/aromatic N) is 2. The molecule has 2 N–H and O–H groups in total. The number of benzene rings is 1. The summed E-state index contributed by atoms with van der Waals surface area (Å²) in [6.07, 6.45) is 1.66. The number of aromatic nitrogens is 2. The lowest BCUT2D eigenvalue weighted by Crippen LogP contribution is -2.18. The van der Waals surface area contributed by atoms with Crippen LogP contribution in [0.25, 0.3) is 0 Å². The van der Waals surface area contributed by atoms with E-state index in [2.05, 4.69) is 5.10 Å². The van der Waals surface area contributed by atoms with Crippen LogP contribution in [0.15, 0.2) is 30.5 Å². The van der Waals surface area contributed by atoms with Crippen molar-refractivity contribution in [3.8, 4) is 0 Å². The molecule has 1 aromatic heterocycles. The van der Waals surface area contributed by atoms with E-state index in [1.807, 2.05) is 6.92 Å². The zero-order valence-corrected chi connectivity index (χ0v) is 10.2. The molecule has 0 amide bonds. The summed E-state index contributed by atoms with van der Waals surface area (Å²) in [5.41, 5.74) is 7.25. The van der Waals surface area contributed by atoms with Crippen molar-refractivity contribution in [2.24, 2.45) is 5.73 Å². The summed E-state index contributed by atoms with van der Waals surface area (Å²) in [6.45, 7) is 2.66. The van der Waals surface area contributed by atoms with Gasteiger partial charge in [-0.25, -0.2) is 4.39 Å². The monoisotopic (exact) mass is 253 g/mol. The van der Waals surface area contributed by atoms with Crippen molar-refractivity contribution in [2.45, 2.75) is 19.5 Å². The molecule has 2 aromatic rings. The fraction of sp³-hybridized carbons (Fsp3) is 0.250. The van der Waals surface area contributed by atoms with Crippen LogP contribution in [-0.4, -0.2) is 9.78 Å². The van der Waals surface area contributed by atoms with E-state index in [0.717, 1.165) is 5.69 Å². The highest BCUT2D eigenvalue weighted by Gasteiger charge is 2.17. The number of rotatable bonds is 3. The summed E-state index contributed by atoms with van der Waals surface area (Å²) in [6, 6.07) is 5.77. The first-order valence-corrected chi connectivity index (χ1v) is 5.73. The van der Waals surface area contributed by atoms with E-state index in [-0.39, 0.29) is 0 Å². The van der Waals surface area contributed by atoms with Crippen molar-refractivity contribution < 1.29 is 4.39 Å². The van der Waals surface area contributed by atoms with Gasteiger partial charge < -0.3 is 5.73 Å². The van der Waals surface area contributed by atoms with Crippen molar-refractivity contribution in [3.63, 3.8) is 0 Å². The van der Waals surface area contributed by atoms with Crippen LogP contribution in [0.5, 0.6) is 0 Å². The third-order valence-electron chi connectivity index (χ3n) is 2.67. The van der Waals surface area contributed by atoms with Crippen LogP contribution >= 0.6 is 11.6 Å². The Balaban J connectivity index is 2.40. The van der Waals surface area contributed by atoms with Crippen LogP contribution in [0.4, 0.5) is 4.39 Å². The van der Waals surface area contributed by atoms with Crippen molar-refractivity contribution >= 4 is 11.6 Å². The van der Waals surface area contributed by atoms with E-state index in [4.69, 9.17) is 17.3 Å². The molecule has 0 saturated carbocycles. The SMILES string of the molecule is CCn1nccc1C(N)c1ccc(Cl)cc1F. The highest BCUT2D eigenvalue weighted by molar-refractivity contribution is 6.30. The first-order valence-electron chi connectivity index (χ1n) is 5.35. The zero-order chi connectivity index (χ0) is 12.4. The lowest BCUT2D eigenvalue weighted by atomic mass is 10.0. The van der Waals surface area contributed by atoms with Crippen molar-refractivity contribution in [1.29, 1.82) is 0 Å². The maximum atomic E-state index is 13.7. The molecule has 0 saturated heterocycles. The molecule has 0 spiro atoms. The highest BCUT2D eigenvalue weighted by atomic mass is 35.5. The predicted octanol–water partition coefficient (Wildman–Crippen LogP) is 2.74. The number of halogens is 2. The highest BCUT2D eigenvalue weighted by Crippen LogP contribution is 2.24. The Hall–Kier alpha value is -1.39. The molecule has 90 valence electrons. The Morgan fingerprint density at radius 3 is 2.88 bits per heavy atom. The van der Waals surface area contributed by atoms with Gasteiger partial charge in [0.05, 0.1) is 11.7 Å². The van der Waals surface area contributed by atoms with E-state index in [0.29, 0.717) is 17.1 Å². The van der Waals surface area contributed by atoms with Gasteiger partial charge in [-0.05, 0) is 25.1 Å². The standard InChI is InChI=1S/C12H13ClFN3/c1-2-17-11(5-6-16-17)12(15)9-4-3-8(13)7-10(9)14/h3-7,12H,2,15H2,1H3. The molecule has 3 nitrogen and oxygen atoms in total. The molecule has 17 heavy (non-hydrogen) atoms. The second-order valence-electron chi connectivity index (χ2n) is 3.72. The predicted molar refractivity (Wildman–Crippen MR) is 65.3 cm³/mol. The first-order chi connectivity index (χ1) is 8.13. The average Bonchev–Trinajstić information content (AvgIpc) is 2.76. The molecule has 0 radical (unpaired) electrons. The minimum absolute atomic E-state index is 0.363. The topological polar surface area (TPSA) is 43.8 Å². The number of aryl methyl sites for hydroxylation is 1. The van der Waals surface area contributed by atoms with Crippen LogP contribution in [0.2, 0.25) is 5.02 Å². The number of hydrogen-bond acceptors (Lipinski definition) is 2. The molecule has 0 aliphatic heterocycles. The third kappa shape index (κ3) is 2.33. The van der Waals surface area contributed by atoms with Crippen LogP contribution in [0.1, 0.15) is 24.2 Å². The van der Waals surface area contributed by atoms with Crippen molar-refractivity contribution in [3.05, 3.63) is 52.6 Å². The minimum Gasteiger partial charge on any atom is -0.319 e. The molecule has 0 aliphatic rings. The smallest absolute Gasteiger partial charge is 0.129 e. The average molecular weight is 254 g/mol. The largest absolute Gasteiger partial charge is 0.319 e. The van der Waals surface area contributed by atoms with Gasteiger partial charge in [0.1, 0.15) is 5.82 Å². The van der Waals surface area contributed by atoms with E-state index in [1.165, 1.54) is 6.07 Å². The second-order valence-corrected chi connectivity index (χ2v) is 4.15. The normalized spacial score (nSPS) is 12.7. The molecular formula is C12H13ClFN3. The van der Waals surface area contributed by atoms with Gasteiger partial charge in [0.15, 0.2) is 0 Å². The van der Waals surface area contributed by atoms with E-state index >= 15 is 0 Å². The van der Waals surface area contributed by atoms with Gasteiger partial charge in [-0.15, -0.1) is 0 Å². The van der Waals surface area contributed by atoms with Gasteiger partial charge in [0, 0.05) is 23.3 Å². The maximum Gasteiger partial charge on any atom is 0.129 e. The zero-order valence-electron chi connectivity index (χ0n) is 9.40. The summed E-state index contributed by atoms with van der Waals surface area (Å²) in [5, 5.41) is 4.48. The first kappa shape index (κ1) is 12.1. The van der Waals surface area contributed by atoms with Crippen molar-refractivity contribution in [1.82, 2.24) is 9.78 Å². The quantitative estimate of drug-likeness (QED) is 0.914. The van der Waals surface area contributed by atoms with E-state index in [1.54, 1.807) is 29.1 Å². The lowest BCUT2D eigenvalue weighted by Gasteiger charge is -2.14. The summed E-state index contributed by atoms with van der Waals surface area (Å²) in [5.74, 6) is -0.395. The molecule has 0 aliphatic carbocycles. The molecule has 1 atom stereocenters. The Morgan fingerprint density at radius 2 is 2.24 bits per heavy atom. The number of nitrogens with two attached hydrogens (primary N) is 1. The molecule has 0 bridgehead atoms. The molecule has 1 heterocycles.